The predicted molar refractivity (Wildman–Crippen MR) is 80.6 cm³/mol. The zero-order valence-corrected chi connectivity index (χ0v) is 11.7. The van der Waals surface area contributed by atoms with Crippen molar-refractivity contribution in [1.29, 1.82) is 0 Å². The molecule has 4 heteroatoms. The van der Waals surface area contributed by atoms with Crippen LogP contribution in [0.25, 0.3) is 10.9 Å². The Morgan fingerprint density at radius 3 is 2.85 bits per heavy atom. The van der Waals surface area contributed by atoms with Gasteiger partial charge in [0.25, 0.3) is 0 Å². The molecule has 0 spiro atoms. The van der Waals surface area contributed by atoms with Gasteiger partial charge in [0.2, 0.25) is 5.91 Å². The van der Waals surface area contributed by atoms with Gasteiger partial charge in [0.05, 0.1) is 5.52 Å². The Bertz CT molecular complexity index is 618. The number of nitrogens with zero attached hydrogens (tertiary/aromatic N) is 2. The topological polar surface area (TPSA) is 45.2 Å². The first kappa shape index (κ1) is 12.9. The molecule has 1 aliphatic rings. The molecule has 1 fully saturated rings. The van der Waals surface area contributed by atoms with Crippen LogP contribution in [0.5, 0.6) is 0 Å². The number of carbonyl (C=O) groups excluding carboxylic acids is 1. The third-order valence-corrected chi connectivity index (χ3v) is 3.91. The van der Waals surface area contributed by atoms with Crippen molar-refractivity contribution in [1.82, 2.24) is 9.88 Å². The van der Waals surface area contributed by atoms with Crippen LogP contribution in [0.1, 0.15) is 19.8 Å². The molecule has 1 aromatic carbocycles. The minimum Gasteiger partial charge on any atom is -0.382 e. The standard InChI is InChI=1S/C16H19N3O/c1-12(20)19-9-6-14(7-10-19)18-15-4-5-16-13(11-15)3-2-8-17-16/h2-5,8,11,14,18H,6-7,9-10H2,1H3. The highest BCUT2D eigenvalue weighted by Gasteiger charge is 2.20. The number of aromatic nitrogens is 1. The molecule has 0 unspecified atom stereocenters. The highest BCUT2D eigenvalue weighted by atomic mass is 16.2. The summed E-state index contributed by atoms with van der Waals surface area (Å²) in [7, 11) is 0. The van der Waals surface area contributed by atoms with Crippen molar-refractivity contribution in [3.8, 4) is 0 Å². The number of amides is 1. The molecule has 2 heterocycles. The first-order valence-corrected chi connectivity index (χ1v) is 7.09. The second kappa shape index (κ2) is 5.49. The lowest BCUT2D eigenvalue weighted by Gasteiger charge is -2.32. The number of piperidine rings is 1. The molecule has 0 atom stereocenters. The Kier molecular flexibility index (Phi) is 3.54. The molecular formula is C16H19N3O. The lowest BCUT2D eigenvalue weighted by molar-refractivity contribution is -0.129. The van der Waals surface area contributed by atoms with Gasteiger partial charge in [-0.2, -0.15) is 0 Å². The van der Waals surface area contributed by atoms with E-state index >= 15 is 0 Å². The molecule has 3 rings (SSSR count). The van der Waals surface area contributed by atoms with E-state index in [0.29, 0.717) is 6.04 Å². The summed E-state index contributed by atoms with van der Waals surface area (Å²) in [5, 5.41) is 4.72. The molecule has 1 amide bonds. The van der Waals surface area contributed by atoms with Crippen molar-refractivity contribution in [2.24, 2.45) is 0 Å². The van der Waals surface area contributed by atoms with Gasteiger partial charge >= 0.3 is 0 Å². The van der Waals surface area contributed by atoms with Crippen LogP contribution in [-0.4, -0.2) is 34.9 Å². The molecule has 4 nitrogen and oxygen atoms in total. The van der Waals surface area contributed by atoms with Gasteiger partial charge in [-0.25, -0.2) is 0 Å². The lowest BCUT2D eigenvalue weighted by atomic mass is 10.0. The van der Waals surface area contributed by atoms with E-state index in [9.17, 15) is 4.79 Å². The van der Waals surface area contributed by atoms with E-state index in [2.05, 4.69) is 28.5 Å². The minimum absolute atomic E-state index is 0.181. The Morgan fingerprint density at radius 1 is 1.30 bits per heavy atom. The van der Waals surface area contributed by atoms with Crippen LogP contribution in [0.2, 0.25) is 0 Å². The first-order chi connectivity index (χ1) is 9.72. The summed E-state index contributed by atoms with van der Waals surface area (Å²) in [5.41, 5.74) is 2.15. The van der Waals surface area contributed by atoms with Gasteiger partial charge < -0.3 is 10.2 Å². The molecule has 1 saturated heterocycles. The fraction of sp³-hybridized carbons (Fsp3) is 0.375. The zero-order valence-electron chi connectivity index (χ0n) is 11.7. The second-order valence-corrected chi connectivity index (χ2v) is 5.34. The summed E-state index contributed by atoms with van der Waals surface area (Å²) in [6.45, 7) is 3.34. The number of nitrogens with one attached hydrogen (secondary N) is 1. The Balaban J connectivity index is 1.66. The smallest absolute Gasteiger partial charge is 0.219 e. The van der Waals surface area contributed by atoms with Crippen molar-refractivity contribution in [3.05, 3.63) is 36.5 Å². The maximum atomic E-state index is 11.3. The fourth-order valence-corrected chi connectivity index (χ4v) is 2.74. The van der Waals surface area contributed by atoms with Gasteiger partial charge in [-0.15, -0.1) is 0 Å². The van der Waals surface area contributed by atoms with Crippen LogP contribution in [0, 0.1) is 0 Å². The van der Waals surface area contributed by atoms with Gasteiger partial charge in [-0.05, 0) is 37.1 Å². The molecule has 104 valence electrons. The van der Waals surface area contributed by atoms with E-state index in [0.717, 1.165) is 42.5 Å². The number of pyridine rings is 1. The Hall–Kier alpha value is -2.10. The molecule has 2 aromatic rings. The number of anilines is 1. The highest BCUT2D eigenvalue weighted by molar-refractivity contribution is 5.82. The summed E-state index contributed by atoms with van der Waals surface area (Å²) in [6.07, 6.45) is 3.82. The molecule has 0 bridgehead atoms. The zero-order chi connectivity index (χ0) is 13.9. The average Bonchev–Trinajstić information content (AvgIpc) is 2.48. The third kappa shape index (κ3) is 2.74. The molecule has 0 saturated carbocycles. The predicted octanol–water partition coefficient (Wildman–Crippen LogP) is 2.66. The summed E-state index contributed by atoms with van der Waals surface area (Å²) >= 11 is 0. The van der Waals surface area contributed by atoms with Gasteiger partial charge in [0.1, 0.15) is 0 Å². The van der Waals surface area contributed by atoms with Gasteiger partial charge in [0, 0.05) is 43.3 Å². The molecule has 0 aliphatic carbocycles. The lowest BCUT2D eigenvalue weighted by Crippen LogP contribution is -2.41. The van der Waals surface area contributed by atoms with Crippen LogP contribution in [-0.2, 0) is 4.79 Å². The molecule has 1 aliphatic heterocycles. The van der Waals surface area contributed by atoms with Crippen LogP contribution in [0.3, 0.4) is 0 Å². The normalized spacial score (nSPS) is 16.4. The summed E-state index contributed by atoms with van der Waals surface area (Å²) < 4.78 is 0. The van der Waals surface area contributed by atoms with Crippen molar-refractivity contribution in [2.75, 3.05) is 18.4 Å². The number of benzene rings is 1. The minimum atomic E-state index is 0.181. The van der Waals surface area contributed by atoms with Crippen molar-refractivity contribution in [3.63, 3.8) is 0 Å². The van der Waals surface area contributed by atoms with Crippen LogP contribution < -0.4 is 5.32 Å². The Labute approximate surface area is 118 Å². The summed E-state index contributed by atoms with van der Waals surface area (Å²) in [6, 6.07) is 10.7. The molecular weight excluding hydrogens is 250 g/mol. The van der Waals surface area contributed by atoms with E-state index in [1.54, 1.807) is 6.92 Å². The quantitative estimate of drug-likeness (QED) is 0.911. The largest absolute Gasteiger partial charge is 0.382 e. The van der Waals surface area contributed by atoms with Gasteiger partial charge in [-0.3, -0.25) is 9.78 Å². The SMILES string of the molecule is CC(=O)N1CCC(Nc2ccc3ncccc3c2)CC1. The Morgan fingerprint density at radius 2 is 2.10 bits per heavy atom. The van der Waals surface area contributed by atoms with Gasteiger partial charge in [0.15, 0.2) is 0 Å². The summed E-state index contributed by atoms with van der Waals surface area (Å²) in [5.74, 6) is 0.181. The average molecular weight is 269 g/mol. The van der Waals surface area contributed by atoms with Crippen molar-refractivity contribution >= 4 is 22.5 Å². The van der Waals surface area contributed by atoms with Gasteiger partial charge in [-0.1, -0.05) is 6.07 Å². The number of fused-ring (bicyclic) bond motifs is 1. The van der Waals surface area contributed by atoms with E-state index in [1.165, 1.54) is 0 Å². The molecule has 0 radical (unpaired) electrons. The third-order valence-electron chi connectivity index (χ3n) is 3.91. The van der Waals surface area contributed by atoms with Crippen molar-refractivity contribution in [2.45, 2.75) is 25.8 Å². The second-order valence-electron chi connectivity index (χ2n) is 5.34. The maximum absolute atomic E-state index is 11.3. The summed E-state index contributed by atoms with van der Waals surface area (Å²) in [4.78, 5) is 17.6. The first-order valence-electron chi connectivity index (χ1n) is 7.09. The van der Waals surface area contributed by atoms with Crippen LogP contribution in [0.4, 0.5) is 5.69 Å². The molecule has 20 heavy (non-hydrogen) atoms. The maximum Gasteiger partial charge on any atom is 0.219 e. The van der Waals surface area contributed by atoms with Crippen LogP contribution in [0.15, 0.2) is 36.5 Å². The molecule has 1 aromatic heterocycles. The van der Waals surface area contributed by atoms with E-state index in [1.807, 2.05) is 23.2 Å². The highest BCUT2D eigenvalue weighted by Crippen LogP contribution is 2.20. The number of rotatable bonds is 2. The van der Waals surface area contributed by atoms with E-state index in [-0.39, 0.29) is 5.91 Å². The van der Waals surface area contributed by atoms with E-state index in [4.69, 9.17) is 0 Å². The number of likely N-dealkylation sites (tertiary alicyclic amines) is 1. The van der Waals surface area contributed by atoms with E-state index < -0.39 is 0 Å². The fourth-order valence-electron chi connectivity index (χ4n) is 2.74. The van der Waals surface area contributed by atoms with Crippen molar-refractivity contribution < 1.29 is 4.79 Å². The number of hydrogen-bond acceptors (Lipinski definition) is 3. The van der Waals surface area contributed by atoms with Crippen LogP contribution >= 0.6 is 0 Å². The number of hydrogen-bond donors (Lipinski definition) is 1. The monoisotopic (exact) mass is 269 g/mol. The molecule has 1 N–H and O–H groups in total. The number of carbonyl (C=O) groups is 1.